The molecule has 0 aliphatic carbocycles. The van der Waals surface area contributed by atoms with Gasteiger partial charge in [-0.05, 0) is 23.3 Å². The van der Waals surface area contributed by atoms with Gasteiger partial charge in [0, 0.05) is 17.8 Å². The maximum absolute atomic E-state index is 12.7. The topological polar surface area (TPSA) is 139 Å². The molecule has 31 heavy (non-hydrogen) atoms. The fourth-order valence-electron chi connectivity index (χ4n) is 3.17. The highest BCUT2D eigenvalue weighted by Crippen LogP contribution is 2.29. The molecule has 3 aromatic carbocycles. The van der Waals surface area contributed by atoms with E-state index in [0.29, 0.717) is 5.69 Å². The number of nitro benzene ring substituents is 1. The summed E-state index contributed by atoms with van der Waals surface area (Å²) in [7, 11) is 0. The van der Waals surface area contributed by atoms with Gasteiger partial charge < -0.3 is 21.7 Å². The first kappa shape index (κ1) is 21.3. The molecule has 0 heterocycles. The van der Waals surface area contributed by atoms with Crippen molar-refractivity contribution < 1.29 is 14.5 Å². The third-order valence-corrected chi connectivity index (χ3v) is 4.57. The van der Waals surface area contributed by atoms with Crippen LogP contribution in [0.4, 0.5) is 21.0 Å². The number of nitrogens with two attached hydrogens (primary N) is 1. The van der Waals surface area contributed by atoms with Crippen LogP contribution in [0.25, 0.3) is 0 Å². The number of carbonyl (C=O) groups is 2. The van der Waals surface area contributed by atoms with Crippen molar-refractivity contribution in [3.63, 3.8) is 0 Å². The van der Waals surface area contributed by atoms with E-state index in [9.17, 15) is 19.7 Å². The second-order valence-corrected chi connectivity index (χ2v) is 6.69. The Bertz CT molecular complexity index is 1040. The van der Waals surface area contributed by atoms with Crippen LogP contribution in [0, 0.1) is 10.1 Å². The van der Waals surface area contributed by atoms with E-state index in [1.54, 1.807) is 0 Å². The Hall–Kier alpha value is -4.40. The quantitative estimate of drug-likeness (QED) is 0.341. The molecular formula is C22H21N5O4. The molecular weight excluding hydrogens is 398 g/mol. The number of amides is 4. The monoisotopic (exact) mass is 419 g/mol. The van der Waals surface area contributed by atoms with Crippen molar-refractivity contribution in [3.05, 3.63) is 106 Å². The minimum atomic E-state index is -0.729. The number of non-ortho nitro benzene ring substituents is 1. The van der Waals surface area contributed by atoms with Crippen molar-refractivity contribution in [2.75, 3.05) is 5.32 Å². The second-order valence-electron chi connectivity index (χ2n) is 6.69. The van der Waals surface area contributed by atoms with Crippen LogP contribution >= 0.6 is 0 Å². The Morgan fingerprint density at radius 1 is 0.774 bits per heavy atom. The zero-order valence-corrected chi connectivity index (χ0v) is 16.4. The standard InChI is InChI=1S/C22H21N5O4/c23-21(28)25-19(15-7-3-1-4-8-15)20(16-9-5-2-6-10-16)26-22(29)24-17-11-13-18(14-12-17)27(30)31/h1-14,19-20H,(H3,23,25,28)(H2,24,26,29). The van der Waals surface area contributed by atoms with Gasteiger partial charge in [-0.25, -0.2) is 9.59 Å². The van der Waals surface area contributed by atoms with E-state index in [4.69, 9.17) is 5.73 Å². The molecule has 0 aliphatic heterocycles. The summed E-state index contributed by atoms with van der Waals surface area (Å²) < 4.78 is 0. The van der Waals surface area contributed by atoms with Gasteiger partial charge in [0.05, 0.1) is 17.0 Å². The minimum Gasteiger partial charge on any atom is -0.352 e. The van der Waals surface area contributed by atoms with E-state index in [1.165, 1.54) is 24.3 Å². The molecule has 5 N–H and O–H groups in total. The normalized spacial score (nSPS) is 12.3. The summed E-state index contributed by atoms with van der Waals surface area (Å²) >= 11 is 0. The molecule has 0 radical (unpaired) electrons. The first-order chi connectivity index (χ1) is 14.9. The van der Waals surface area contributed by atoms with Gasteiger partial charge in [-0.15, -0.1) is 0 Å². The first-order valence-corrected chi connectivity index (χ1v) is 9.42. The molecule has 2 atom stereocenters. The molecule has 0 saturated heterocycles. The number of benzene rings is 3. The highest BCUT2D eigenvalue weighted by Gasteiger charge is 2.27. The zero-order chi connectivity index (χ0) is 22.2. The number of urea groups is 2. The third kappa shape index (κ3) is 5.80. The van der Waals surface area contributed by atoms with E-state index < -0.39 is 29.1 Å². The molecule has 9 heteroatoms. The van der Waals surface area contributed by atoms with Crippen LogP contribution in [-0.4, -0.2) is 17.0 Å². The SMILES string of the molecule is NC(=O)NC(c1ccccc1)C(NC(=O)Nc1ccc([N+](=O)[O-])cc1)c1ccccc1. The lowest BCUT2D eigenvalue weighted by molar-refractivity contribution is -0.384. The van der Waals surface area contributed by atoms with Gasteiger partial charge in [0.1, 0.15) is 0 Å². The summed E-state index contributed by atoms with van der Waals surface area (Å²) in [5.41, 5.74) is 7.22. The Morgan fingerprint density at radius 2 is 1.26 bits per heavy atom. The van der Waals surface area contributed by atoms with Crippen LogP contribution in [0.5, 0.6) is 0 Å². The summed E-state index contributed by atoms with van der Waals surface area (Å²) in [5, 5.41) is 19.0. The zero-order valence-electron chi connectivity index (χ0n) is 16.4. The van der Waals surface area contributed by atoms with Gasteiger partial charge in [0.15, 0.2) is 0 Å². The van der Waals surface area contributed by atoms with E-state index in [1.807, 2.05) is 60.7 Å². The molecule has 9 nitrogen and oxygen atoms in total. The summed E-state index contributed by atoms with van der Waals surface area (Å²) in [4.78, 5) is 34.7. The van der Waals surface area contributed by atoms with Crippen LogP contribution < -0.4 is 21.7 Å². The molecule has 2 unspecified atom stereocenters. The first-order valence-electron chi connectivity index (χ1n) is 9.42. The smallest absolute Gasteiger partial charge is 0.319 e. The van der Waals surface area contributed by atoms with Gasteiger partial charge in [-0.3, -0.25) is 10.1 Å². The number of hydrogen-bond donors (Lipinski definition) is 4. The lowest BCUT2D eigenvalue weighted by Gasteiger charge is -2.29. The fraction of sp³-hybridized carbons (Fsp3) is 0.0909. The predicted molar refractivity (Wildman–Crippen MR) is 116 cm³/mol. The molecule has 4 amide bonds. The molecule has 3 aromatic rings. The fourth-order valence-corrected chi connectivity index (χ4v) is 3.17. The summed E-state index contributed by atoms with van der Waals surface area (Å²) in [5.74, 6) is 0. The van der Waals surface area contributed by atoms with Crippen LogP contribution in [0.3, 0.4) is 0 Å². The molecule has 0 bridgehead atoms. The maximum atomic E-state index is 12.7. The highest BCUT2D eigenvalue weighted by molar-refractivity contribution is 5.89. The molecule has 0 fully saturated rings. The number of carbonyl (C=O) groups excluding carboxylic acids is 2. The van der Waals surface area contributed by atoms with Gasteiger partial charge in [-0.2, -0.15) is 0 Å². The lowest BCUT2D eigenvalue weighted by Crippen LogP contribution is -2.43. The largest absolute Gasteiger partial charge is 0.352 e. The van der Waals surface area contributed by atoms with Crippen molar-refractivity contribution in [2.24, 2.45) is 5.73 Å². The predicted octanol–water partition coefficient (Wildman–Crippen LogP) is 3.87. The highest BCUT2D eigenvalue weighted by atomic mass is 16.6. The molecule has 0 aliphatic rings. The van der Waals surface area contributed by atoms with E-state index in [-0.39, 0.29) is 5.69 Å². The number of nitrogens with one attached hydrogen (secondary N) is 3. The number of nitro groups is 1. The van der Waals surface area contributed by atoms with Crippen LogP contribution in [0.2, 0.25) is 0 Å². The molecule has 0 aromatic heterocycles. The Labute approximate surface area is 178 Å². The molecule has 158 valence electrons. The van der Waals surface area contributed by atoms with Crippen molar-refractivity contribution in [1.29, 1.82) is 0 Å². The van der Waals surface area contributed by atoms with E-state index in [0.717, 1.165) is 11.1 Å². The molecule has 3 rings (SSSR count). The van der Waals surface area contributed by atoms with Crippen LogP contribution in [0.1, 0.15) is 23.2 Å². The van der Waals surface area contributed by atoms with E-state index in [2.05, 4.69) is 16.0 Å². The van der Waals surface area contributed by atoms with Gasteiger partial charge in [0.25, 0.3) is 5.69 Å². The van der Waals surface area contributed by atoms with Crippen LogP contribution in [0.15, 0.2) is 84.9 Å². The molecule has 0 saturated carbocycles. The summed E-state index contributed by atoms with van der Waals surface area (Å²) in [6, 6.07) is 21.2. The van der Waals surface area contributed by atoms with Crippen molar-refractivity contribution in [3.8, 4) is 0 Å². The second kappa shape index (κ2) is 9.88. The van der Waals surface area contributed by atoms with Gasteiger partial charge in [-0.1, -0.05) is 60.7 Å². The van der Waals surface area contributed by atoms with Gasteiger partial charge >= 0.3 is 12.1 Å². The van der Waals surface area contributed by atoms with Crippen molar-refractivity contribution in [1.82, 2.24) is 10.6 Å². The van der Waals surface area contributed by atoms with Gasteiger partial charge in [0.2, 0.25) is 0 Å². The summed E-state index contributed by atoms with van der Waals surface area (Å²) in [6.45, 7) is 0. The van der Waals surface area contributed by atoms with Crippen LogP contribution in [-0.2, 0) is 0 Å². The Kier molecular flexibility index (Phi) is 6.79. The lowest BCUT2D eigenvalue weighted by atomic mass is 9.93. The summed E-state index contributed by atoms with van der Waals surface area (Å²) in [6.07, 6.45) is 0. The Balaban J connectivity index is 1.87. The van der Waals surface area contributed by atoms with Crippen molar-refractivity contribution in [2.45, 2.75) is 12.1 Å². The average Bonchev–Trinajstić information content (AvgIpc) is 2.77. The number of nitrogens with zero attached hydrogens (tertiary/aromatic N) is 1. The van der Waals surface area contributed by atoms with Crippen molar-refractivity contribution >= 4 is 23.4 Å². The number of primary amides is 1. The number of rotatable bonds is 7. The average molecular weight is 419 g/mol. The van der Waals surface area contributed by atoms with E-state index >= 15 is 0 Å². The number of anilines is 1. The number of hydrogen-bond acceptors (Lipinski definition) is 4. The third-order valence-electron chi connectivity index (χ3n) is 4.57. The molecule has 0 spiro atoms. The Morgan fingerprint density at radius 3 is 1.71 bits per heavy atom. The maximum Gasteiger partial charge on any atom is 0.319 e. The minimum absolute atomic E-state index is 0.0806.